The van der Waals surface area contributed by atoms with Gasteiger partial charge >= 0.3 is 0 Å². The highest BCUT2D eigenvalue weighted by molar-refractivity contribution is 5.62. The van der Waals surface area contributed by atoms with E-state index >= 15 is 0 Å². The first kappa shape index (κ1) is 21.3. The van der Waals surface area contributed by atoms with Gasteiger partial charge in [-0.3, -0.25) is 9.88 Å². The van der Waals surface area contributed by atoms with Gasteiger partial charge in [-0.1, -0.05) is 52.0 Å². The highest BCUT2D eigenvalue weighted by Gasteiger charge is 2.12. The Hall–Kier alpha value is -1.71. The van der Waals surface area contributed by atoms with Gasteiger partial charge in [0, 0.05) is 32.0 Å². The summed E-state index contributed by atoms with van der Waals surface area (Å²) in [6.07, 6.45) is 4.96. The summed E-state index contributed by atoms with van der Waals surface area (Å²) in [7, 11) is 2.22. The molecule has 1 aliphatic rings. The maximum absolute atomic E-state index is 4.07. The van der Waals surface area contributed by atoms with Gasteiger partial charge in [0.05, 0.1) is 0 Å². The predicted molar refractivity (Wildman–Crippen MR) is 110 cm³/mol. The summed E-state index contributed by atoms with van der Waals surface area (Å²) in [5.74, 6) is 0. The van der Waals surface area contributed by atoms with E-state index in [9.17, 15) is 0 Å². The van der Waals surface area contributed by atoms with Crippen LogP contribution in [0.3, 0.4) is 0 Å². The van der Waals surface area contributed by atoms with Crippen LogP contribution in [0, 0.1) is 0 Å². The van der Waals surface area contributed by atoms with Crippen LogP contribution in [0.4, 0.5) is 0 Å². The first-order valence-corrected chi connectivity index (χ1v) is 9.71. The summed E-state index contributed by atoms with van der Waals surface area (Å²) in [4.78, 5) is 9.05. The van der Waals surface area contributed by atoms with Crippen LogP contribution in [0.1, 0.15) is 39.7 Å². The molecule has 0 N–H and O–H groups in total. The van der Waals surface area contributed by atoms with Crippen molar-refractivity contribution in [2.24, 2.45) is 0 Å². The first-order valence-electron chi connectivity index (χ1n) is 9.71. The van der Waals surface area contributed by atoms with Crippen molar-refractivity contribution in [3.8, 4) is 11.1 Å². The molecule has 1 aromatic heterocycles. The number of nitrogens with zero attached hydrogens (tertiary/aromatic N) is 3. The molecule has 0 aliphatic carbocycles. The molecule has 3 heteroatoms. The molecule has 2 aromatic rings. The van der Waals surface area contributed by atoms with Gasteiger partial charge in [0.2, 0.25) is 0 Å². The first-order chi connectivity index (χ1) is 12.3. The van der Waals surface area contributed by atoms with Gasteiger partial charge in [0.15, 0.2) is 0 Å². The molecular formula is C22H35N3. The van der Waals surface area contributed by atoms with E-state index in [4.69, 9.17) is 0 Å². The molecule has 138 valence electrons. The lowest BCUT2D eigenvalue weighted by Gasteiger charge is -2.20. The largest absolute Gasteiger partial charge is 0.305 e. The maximum atomic E-state index is 4.07. The van der Waals surface area contributed by atoms with Gasteiger partial charge in [0.1, 0.15) is 0 Å². The van der Waals surface area contributed by atoms with Gasteiger partial charge in [-0.25, -0.2) is 0 Å². The third-order valence-electron chi connectivity index (χ3n) is 4.19. The average Bonchev–Trinajstić information content (AvgIpc) is 2.90. The number of rotatable bonds is 3. The quantitative estimate of drug-likeness (QED) is 0.788. The monoisotopic (exact) mass is 341 g/mol. The number of likely N-dealkylation sites (N-methyl/N-ethyl adjacent to an activating group) is 1. The maximum Gasteiger partial charge on any atom is 0.0273 e. The minimum atomic E-state index is 1.06. The lowest BCUT2D eigenvalue weighted by Crippen LogP contribution is -2.28. The Morgan fingerprint density at radius 2 is 1.36 bits per heavy atom. The number of hydrogen-bond acceptors (Lipinski definition) is 3. The fourth-order valence-corrected chi connectivity index (χ4v) is 2.86. The van der Waals surface area contributed by atoms with E-state index in [0.29, 0.717) is 0 Å². The van der Waals surface area contributed by atoms with E-state index < -0.39 is 0 Å². The van der Waals surface area contributed by atoms with Crippen molar-refractivity contribution >= 4 is 0 Å². The Labute approximate surface area is 154 Å². The van der Waals surface area contributed by atoms with E-state index in [1.165, 1.54) is 49.3 Å². The van der Waals surface area contributed by atoms with Crippen molar-refractivity contribution in [2.75, 3.05) is 33.2 Å². The summed E-state index contributed by atoms with van der Waals surface area (Å²) in [5, 5.41) is 0. The van der Waals surface area contributed by atoms with Crippen LogP contribution < -0.4 is 0 Å². The molecule has 0 radical (unpaired) electrons. The van der Waals surface area contributed by atoms with Crippen molar-refractivity contribution in [1.82, 2.24) is 14.8 Å². The zero-order chi connectivity index (χ0) is 18.5. The Bertz CT molecular complexity index is 551. The molecule has 3 rings (SSSR count). The van der Waals surface area contributed by atoms with Crippen LogP contribution >= 0.6 is 0 Å². The zero-order valence-electron chi connectivity index (χ0n) is 16.7. The van der Waals surface area contributed by atoms with Crippen LogP contribution in [-0.4, -0.2) is 48.0 Å². The molecule has 3 nitrogen and oxygen atoms in total. The highest BCUT2D eigenvalue weighted by atomic mass is 15.2. The van der Waals surface area contributed by atoms with Crippen molar-refractivity contribution in [1.29, 1.82) is 0 Å². The van der Waals surface area contributed by atoms with Crippen LogP contribution in [0.25, 0.3) is 11.1 Å². The van der Waals surface area contributed by atoms with Crippen LogP contribution in [-0.2, 0) is 6.54 Å². The van der Waals surface area contributed by atoms with Gasteiger partial charge in [-0.05, 0) is 55.4 Å². The molecule has 1 fully saturated rings. The lowest BCUT2D eigenvalue weighted by atomic mass is 10.1. The number of benzene rings is 1. The normalized spacial score (nSPS) is 15.2. The van der Waals surface area contributed by atoms with Crippen molar-refractivity contribution in [2.45, 2.75) is 40.7 Å². The summed E-state index contributed by atoms with van der Waals surface area (Å²) >= 11 is 0. The third-order valence-corrected chi connectivity index (χ3v) is 4.19. The third kappa shape index (κ3) is 7.37. The van der Waals surface area contributed by atoms with Gasteiger partial charge in [0.25, 0.3) is 0 Å². The molecule has 1 aliphatic heterocycles. The zero-order valence-corrected chi connectivity index (χ0v) is 16.7. The van der Waals surface area contributed by atoms with E-state index in [1.54, 1.807) is 0 Å². The van der Waals surface area contributed by atoms with Gasteiger partial charge in [-0.15, -0.1) is 0 Å². The lowest BCUT2D eigenvalue weighted by molar-refractivity contribution is 0.269. The van der Waals surface area contributed by atoms with Gasteiger partial charge in [-0.2, -0.15) is 0 Å². The van der Waals surface area contributed by atoms with Gasteiger partial charge < -0.3 is 4.90 Å². The van der Waals surface area contributed by atoms with Crippen molar-refractivity contribution in [3.63, 3.8) is 0 Å². The SMILES string of the molecule is CC.CC.CN1CCCN(Cc2ccc(-c3ccncc3)cc2)CC1. The number of aromatic nitrogens is 1. The Balaban J connectivity index is 0.000000730. The van der Waals surface area contributed by atoms with Crippen LogP contribution in [0.2, 0.25) is 0 Å². The molecular weight excluding hydrogens is 306 g/mol. The fraction of sp³-hybridized carbons (Fsp3) is 0.500. The highest BCUT2D eigenvalue weighted by Crippen LogP contribution is 2.19. The summed E-state index contributed by atoms with van der Waals surface area (Å²) < 4.78 is 0. The van der Waals surface area contributed by atoms with Crippen LogP contribution in [0.5, 0.6) is 0 Å². The smallest absolute Gasteiger partial charge is 0.0273 e. The molecule has 25 heavy (non-hydrogen) atoms. The number of pyridine rings is 1. The molecule has 0 amide bonds. The Kier molecular flexibility index (Phi) is 10.8. The second kappa shape index (κ2) is 12.6. The summed E-state index contributed by atoms with van der Waals surface area (Å²) in [6.45, 7) is 13.8. The van der Waals surface area contributed by atoms with E-state index in [-0.39, 0.29) is 0 Å². The molecule has 0 unspecified atom stereocenters. The van der Waals surface area contributed by atoms with E-state index in [2.05, 4.69) is 58.2 Å². The van der Waals surface area contributed by atoms with Crippen LogP contribution in [0.15, 0.2) is 48.8 Å². The minimum absolute atomic E-state index is 1.06. The molecule has 1 aromatic carbocycles. The van der Waals surface area contributed by atoms with E-state index in [0.717, 1.165) is 6.54 Å². The minimum Gasteiger partial charge on any atom is -0.305 e. The molecule has 1 saturated heterocycles. The topological polar surface area (TPSA) is 19.4 Å². The fourth-order valence-electron chi connectivity index (χ4n) is 2.86. The van der Waals surface area contributed by atoms with E-state index in [1.807, 2.05) is 40.1 Å². The Morgan fingerprint density at radius 3 is 2.00 bits per heavy atom. The molecule has 0 saturated carbocycles. The number of hydrogen-bond donors (Lipinski definition) is 0. The average molecular weight is 342 g/mol. The molecule has 0 atom stereocenters. The van der Waals surface area contributed by atoms with Crippen molar-refractivity contribution in [3.05, 3.63) is 54.4 Å². The second-order valence-corrected chi connectivity index (χ2v) is 5.87. The molecule has 2 heterocycles. The molecule has 0 spiro atoms. The Morgan fingerprint density at radius 1 is 0.760 bits per heavy atom. The molecule has 0 bridgehead atoms. The van der Waals surface area contributed by atoms with Crippen molar-refractivity contribution < 1.29 is 0 Å². The summed E-state index contributed by atoms with van der Waals surface area (Å²) in [6, 6.07) is 13.1. The standard InChI is InChI=1S/C18H23N3.2C2H6/c1-20-11-2-12-21(14-13-20)15-16-3-5-17(6-4-16)18-7-9-19-10-8-18;2*1-2/h3-10H,2,11-15H2,1H3;2*1-2H3. The second-order valence-electron chi connectivity index (χ2n) is 5.87. The predicted octanol–water partition coefficient (Wildman–Crippen LogP) is 4.94. The summed E-state index contributed by atoms with van der Waals surface area (Å²) in [5.41, 5.74) is 3.89.